The van der Waals surface area contributed by atoms with Gasteiger partial charge in [0.25, 0.3) is 22.2 Å². The second-order valence-electron chi connectivity index (χ2n) is 30.1. The monoisotopic (exact) mass is 1580 g/mol. The summed E-state index contributed by atoms with van der Waals surface area (Å²) in [5.74, 6) is 1.05. The van der Waals surface area contributed by atoms with Crippen molar-refractivity contribution in [2.75, 3.05) is 24.5 Å². The lowest BCUT2D eigenvalue weighted by atomic mass is 9.96. The third kappa shape index (κ3) is 16.2. The average molecular weight is 1590 g/mol. The molecule has 8 heterocycles. The van der Waals surface area contributed by atoms with Gasteiger partial charge in [-0.25, -0.2) is 30.0 Å². The maximum Gasteiger partial charge on any atom is 0.415 e. The van der Waals surface area contributed by atoms with Crippen LogP contribution in [0.15, 0.2) is 316 Å². The fourth-order valence-electron chi connectivity index (χ4n) is 16.1. The summed E-state index contributed by atoms with van der Waals surface area (Å²) in [6.07, 6.45) is 1.13. The Morgan fingerprint density at radius 1 is 0.333 bits per heavy atom. The number of carbonyl (C=O) groups is 4. The van der Waals surface area contributed by atoms with Crippen molar-refractivity contribution in [3.8, 4) is 56.5 Å². The van der Waals surface area contributed by atoms with Gasteiger partial charge in [-0.05, 0) is 150 Å². The van der Waals surface area contributed by atoms with Crippen molar-refractivity contribution in [2.45, 2.75) is 70.6 Å². The molecular formula is C98H80N12O10. The summed E-state index contributed by atoms with van der Waals surface area (Å²) in [5.41, 5.74) is 15.6. The molecule has 4 aliphatic rings. The summed E-state index contributed by atoms with van der Waals surface area (Å²) in [6.45, 7) is 8.43. The van der Waals surface area contributed by atoms with Crippen LogP contribution in [0.5, 0.6) is 11.5 Å². The number of likely N-dealkylation sites (tertiary alicyclic amines) is 1. The van der Waals surface area contributed by atoms with Gasteiger partial charge < -0.3 is 24.2 Å². The van der Waals surface area contributed by atoms with E-state index in [4.69, 9.17) is 9.47 Å². The third-order valence-corrected chi connectivity index (χ3v) is 22.7. The summed E-state index contributed by atoms with van der Waals surface area (Å²) in [6, 6.07) is 94.2. The minimum absolute atomic E-state index is 0.111. The Kier molecular flexibility index (Phi) is 22.0. The van der Waals surface area contributed by atoms with Crippen molar-refractivity contribution in [3.63, 3.8) is 0 Å². The first-order valence-corrected chi connectivity index (χ1v) is 39.7. The van der Waals surface area contributed by atoms with E-state index in [1.807, 2.05) is 242 Å². The largest absolute Gasteiger partial charge is 0.415 e. The van der Waals surface area contributed by atoms with E-state index in [1.54, 1.807) is 58.3 Å². The number of nitrogens with zero attached hydrogens (tertiary/aromatic N) is 8. The van der Waals surface area contributed by atoms with Crippen molar-refractivity contribution >= 4 is 72.8 Å². The van der Waals surface area contributed by atoms with E-state index in [0.29, 0.717) is 89.6 Å². The van der Waals surface area contributed by atoms with Gasteiger partial charge in [0.15, 0.2) is 0 Å². The molecule has 16 aromatic rings. The molecule has 0 bridgehead atoms. The molecule has 22 nitrogen and oxygen atoms in total. The molecule has 3 unspecified atom stereocenters. The zero-order chi connectivity index (χ0) is 82.3. The Labute approximate surface area is 688 Å². The zero-order valence-electron chi connectivity index (χ0n) is 65.5. The number of aromatic nitrogens is 8. The predicted octanol–water partition coefficient (Wildman–Crippen LogP) is 17.2. The van der Waals surface area contributed by atoms with Gasteiger partial charge in [0.2, 0.25) is 11.8 Å². The van der Waals surface area contributed by atoms with Gasteiger partial charge in [-0.1, -0.05) is 218 Å². The number of rotatable bonds is 11. The second kappa shape index (κ2) is 34.2. The predicted molar refractivity (Wildman–Crippen MR) is 464 cm³/mol. The van der Waals surface area contributed by atoms with Crippen molar-refractivity contribution in [2.24, 2.45) is 0 Å². The van der Waals surface area contributed by atoms with E-state index in [9.17, 15) is 38.4 Å². The van der Waals surface area contributed by atoms with Crippen LogP contribution in [0.2, 0.25) is 0 Å². The number of hydrogen-bond acceptors (Lipinski definition) is 14. The molecule has 0 saturated carbocycles. The van der Waals surface area contributed by atoms with Crippen molar-refractivity contribution in [1.82, 2.24) is 55.5 Å². The van der Waals surface area contributed by atoms with Gasteiger partial charge in [0.05, 0.1) is 56.2 Å². The molecule has 12 aromatic carbocycles. The lowest BCUT2D eigenvalue weighted by Gasteiger charge is -2.22. The molecule has 0 radical (unpaired) electrons. The van der Waals surface area contributed by atoms with Crippen molar-refractivity contribution in [1.29, 1.82) is 0 Å². The van der Waals surface area contributed by atoms with E-state index in [1.165, 1.54) is 22.3 Å². The molecule has 4 amide bonds. The number of amides is 4. The number of benzene rings is 12. The topological polar surface area (TPSA) is 283 Å². The molecule has 22 heteroatoms. The molecule has 0 aliphatic carbocycles. The van der Waals surface area contributed by atoms with Crippen LogP contribution < -0.4 is 36.6 Å². The minimum Gasteiger partial charge on any atom is -0.410 e. The number of aromatic amines is 4. The van der Waals surface area contributed by atoms with Gasteiger partial charge in [0, 0.05) is 101 Å². The van der Waals surface area contributed by atoms with Gasteiger partial charge in [-0.3, -0.25) is 33.7 Å². The number of fused-ring (bicyclic) bond motifs is 7. The number of ether oxygens (including phenoxy) is 2. The molecule has 4 aliphatic heterocycles. The van der Waals surface area contributed by atoms with E-state index < -0.39 is 0 Å². The Morgan fingerprint density at radius 2 is 0.650 bits per heavy atom. The van der Waals surface area contributed by atoms with Crippen LogP contribution in [-0.4, -0.2) is 99.1 Å². The maximum atomic E-state index is 13.1. The first-order valence-electron chi connectivity index (χ1n) is 39.7. The van der Waals surface area contributed by atoms with Crippen LogP contribution in [0.25, 0.3) is 88.1 Å². The van der Waals surface area contributed by atoms with E-state index in [0.717, 1.165) is 103 Å². The van der Waals surface area contributed by atoms with Gasteiger partial charge in [-0.2, -0.15) is 20.4 Å². The van der Waals surface area contributed by atoms with E-state index >= 15 is 0 Å². The highest BCUT2D eigenvalue weighted by Crippen LogP contribution is 2.37. The number of carbonyl (C=O) groups excluding carboxylic acids is 4. The Hall–Kier alpha value is -15.3. The van der Waals surface area contributed by atoms with Gasteiger partial charge in [-0.15, -0.1) is 0 Å². The van der Waals surface area contributed by atoms with Gasteiger partial charge in [0.1, 0.15) is 11.5 Å². The van der Waals surface area contributed by atoms with Gasteiger partial charge >= 0.3 is 12.2 Å². The normalized spacial score (nSPS) is 14.2. The smallest absolute Gasteiger partial charge is 0.410 e. The number of H-pyrrole nitrogens is 4. The average Bonchev–Trinajstić information content (AvgIpc) is 1.45. The van der Waals surface area contributed by atoms with Crippen LogP contribution in [0.3, 0.4) is 0 Å². The van der Waals surface area contributed by atoms with Crippen LogP contribution in [0, 0.1) is 0 Å². The molecule has 3 atom stereocenters. The summed E-state index contributed by atoms with van der Waals surface area (Å²) in [7, 11) is 0. The standard InChI is InChI=1S/C25H21N3O3.2C25H21N3O2.C23H17N3O3/c29-24-22-9-5-4-8-21(22)23(26-27-24)18-10-12-20(13-11-18)31-25(30)28-15-14-19(16-28)17-6-2-1-3-7-17;1-16(25(30)28-15-14-18-6-2-5-9-22(18)28)17-10-12-19(13-11-17)23-20-7-3-4-8-21(20)24(29)27-26-23;1-16(25(30)28-14-19-6-2-3-7-20(19)15-28)17-10-12-18(13-11-17)23-21-8-4-5-9-22(21)24(29)27-26-23;27-22-20-8-4-3-7-19(20)21(24-25-22)15-9-11-18(12-10-15)29-23(28)26-13-16-5-1-2-6-17(16)14-26/h1-13,19H,14-16H2,(H,27,29);2*2-13,16H,14-15H2,1H3,(H,27,29);1-12H,13-14H2,(H,25,27). The lowest BCUT2D eigenvalue weighted by molar-refractivity contribution is -0.133. The first-order chi connectivity index (χ1) is 58.6. The number of para-hydroxylation sites is 1. The molecule has 0 spiro atoms. The Balaban J connectivity index is 0.000000114. The highest BCUT2D eigenvalue weighted by molar-refractivity contribution is 6.01. The summed E-state index contributed by atoms with van der Waals surface area (Å²) < 4.78 is 11.1. The van der Waals surface area contributed by atoms with Crippen LogP contribution in [0.4, 0.5) is 15.3 Å². The number of nitrogens with one attached hydrogen (secondary N) is 4. The summed E-state index contributed by atoms with van der Waals surface area (Å²) >= 11 is 0. The molecule has 1 saturated heterocycles. The van der Waals surface area contributed by atoms with E-state index in [2.05, 4.69) is 71.1 Å². The zero-order valence-corrected chi connectivity index (χ0v) is 65.5. The lowest BCUT2D eigenvalue weighted by Crippen LogP contribution is -2.32. The highest BCUT2D eigenvalue weighted by Gasteiger charge is 2.32. The summed E-state index contributed by atoms with van der Waals surface area (Å²) in [4.78, 5) is 107. The van der Waals surface area contributed by atoms with Crippen LogP contribution >= 0.6 is 0 Å². The summed E-state index contributed by atoms with van der Waals surface area (Å²) in [5, 5.41) is 32.7. The molecule has 1 fully saturated rings. The molecule has 4 N–H and O–H groups in total. The molecule has 4 aromatic heterocycles. The van der Waals surface area contributed by atoms with E-state index in [-0.39, 0.29) is 58.1 Å². The highest BCUT2D eigenvalue weighted by atomic mass is 16.6. The van der Waals surface area contributed by atoms with Crippen molar-refractivity contribution in [3.05, 3.63) is 383 Å². The molecule has 120 heavy (non-hydrogen) atoms. The Bertz CT molecular complexity index is 6770. The Morgan fingerprint density at radius 3 is 1.04 bits per heavy atom. The number of anilines is 1. The fraction of sp³-hybridized carbons (Fsp3) is 0.143. The first kappa shape index (κ1) is 77.3. The SMILES string of the molecule is CC(C(=O)N1CCc2ccccc21)c1ccc(-c2n[nH]c(=O)c3ccccc23)cc1.CC(C(=O)N1Cc2ccccc2C1)c1ccc(-c2n[nH]c(=O)c3ccccc23)cc1.O=C(Oc1ccc(-c2n[nH]c(=O)c3ccccc23)cc1)N1CCC(c2ccccc2)C1.O=C(Oc1ccc(-c2n[nH]c(=O)c3ccccc23)cc1)N1Cc2ccccc2C1. The molecule has 20 rings (SSSR count). The van der Waals surface area contributed by atoms with Crippen LogP contribution in [0.1, 0.15) is 82.5 Å². The van der Waals surface area contributed by atoms with Crippen LogP contribution in [-0.2, 0) is 42.2 Å². The maximum absolute atomic E-state index is 13.1. The molecule has 592 valence electrons. The number of hydrogen-bond donors (Lipinski definition) is 4. The molecular weight excluding hydrogens is 1510 g/mol. The fourth-order valence-corrected chi connectivity index (χ4v) is 16.1. The quantitative estimate of drug-likeness (QED) is 0.0937. The second-order valence-corrected chi connectivity index (χ2v) is 30.1. The minimum atomic E-state index is -0.374. The third-order valence-electron chi connectivity index (χ3n) is 22.7. The van der Waals surface area contributed by atoms with Crippen molar-refractivity contribution < 1.29 is 28.7 Å².